The Bertz CT molecular complexity index is 358. The summed E-state index contributed by atoms with van der Waals surface area (Å²) in [5, 5.41) is 3.47. The zero-order valence-electron chi connectivity index (χ0n) is 12.1. The van der Waals surface area contributed by atoms with Crippen molar-refractivity contribution in [3.63, 3.8) is 0 Å². The predicted octanol–water partition coefficient (Wildman–Crippen LogP) is 3.24. The maximum Gasteiger partial charge on any atom is 0.123 e. The fourth-order valence-electron chi connectivity index (χ4n) is 1.56. The number of benzene rings is 1. The van der Waals surface area contributed by atoms with E-state index in [1.54, 1.807) is 7.11 Å². The number of ether oxygens (including phenoxy) is 2. The molecule has 0 aromatic heterocycles. The normalized spacial score (nSPS) is 13.2. The van der Waals surface area contributed by atoms with Crippen LogP contribution in [0.4, 0.5) is 0 Å². The molecule has 3 heteroatoms. The molecule has 102 valence electrons. The lowest BCUT2D eigenvalue weighted by molar-refractivity contribution is 0.180. The number of hydrogen-bond donors (Lipinski definition) is 1. The van der Waals surface area contributed by atoms with Crippen molar-refractivity contribution < 1.29 is 9.47 Å². The van der Waals surface area contributed by atoms with Crippen molar-refractivity contribution in [2.75, 3.05) is 13.7 Å². The summed E-state index contributed by atoms with van der Waals surface area (Å²) < 4.78 is 11.1. The van der Waals surface area contributed by atoms with Gasteiger partial charge in [-0.15, -0.1) is 0 Å². The summed E-state index contributed by atoms with van der Waals surface area (Å²) in [6.45, 7) is 9.45. The van der Waals surface area contributed by atoms with Gasteiger partial charge in [0.15, 0.2) is 0 Å². The highest BCUT2D eigenvalue weighted by Gasteiger charge is 2.14. The molecule has 0 saturated carbocycles. The van der Waals surface area contributed by atoms with E-state index in [9.17, 15) is 0 Å². The van der Waals surface area contributed by atoms with Gasteiger partial charge in [-0.05, 0) is 39.3 Å². The Morgan fingerprint density at radius 1 is 1.22 bits per heavy atom. The summed E-state index contributed by atoms with van der Waals surface area (Å²) >= 11 is 0. The van der Waals surface area contributed by atoms with E-state index in [-0.39, 0.29) is 11.6 Å². The van der Waals surface area contributed by atoms with Crippen LogP contribution in [0.1, 0.15) is 34.1 Å². The lowest BCUT2D eigenvalue weighted by atomic mass is 10.1. The Hall–Kier alpha value is -1.22. The van der Waals surface area contributed by atoms with Gasteiger partial charge in [0.1, 0.15) is 17.6 Å². The van der Waals surface area contributed by atoms with Crippen molar-refractivity contribution >= 4 is 0 Å². The van der Waals surface area contributed by atoms with Crippen molar-refractivity contribution in [3.05, 3.63) is 24.3 Å². The van der Waals surface area contributed by atoms with Gasteiger partial charge in [0, 0.05) is 18.2 Å². The van der Waals surface area contributed by atoms with Crippen LogP contribution in [0.15, 0.2) is 24.3 Å². The van der Waals surface area contributed by atoms with Crippen LogP contribution in [-0.2, 0) is 0 Å². The molecule has 0 saturated heterocycles. The molecule has 0 heterocycles. The van der Waals surface area contributed by atoms with Gasteiger partial charge in [-0.25, -0.2) is 0 Å². The zero-order chi connectivity index (χ0) is 13.6. The van der Waals surface area contributed by atoms with E-state index in [1.807, 2.05) is 24.3 Å². The molecule has 1 N–H and O–H groups in total. The molecule has 18 heavy (non-hydrogen) atoms. The molecule has 0 radical (unpaired) electrons. The van der Waals surface area contributed by atoms with Gasteiger partial charge in [0.05, 0.1) is 7.11 Å². The van der Waals surface area contributed by atoms with Crippen molar-refractivity contribution in [1.29, 1.82) is 0 Å². The van der Waals surface area contributed by atoms with Crippen molar-refractivity contribution in [2.24, 2.45) is 0 Å². The summed E-state index contributed by atoms with van der Waals surface area (Å²) in [6, 6.07) is 7.74. The molecule has 0 fully saturated rings. The second-order valence-electron chi connectivity index (χ2n) is 5.46. The smallest absolute Gasteiger partial charge is 0.123 e. The average molecular weight is 251 g/mol. The fourth-order valence-corrected chi connectivity index (χ4v) is 1.56. The Labute approximate surface area is 110 Å². The Morgan fingerprint density at radius 2 is 1.89 bits per heavy atom. The molecular weight excluding hydrogens is 226 g/mol. The molecule has 0 amide bonds. The summed E-state index contributed by atoms with van der Waals surface area (Å²) in [5.74, 6) is 1.68. The second-order valence-corrected chi connectivity index (χ2v) is 5.46. The van der Waals surface area contributed by atoms with Gasteiger partial charge in [-0.1, -0.05) is 13.0 Å². The standard InChI is InChI=1S/C15H25NO2/c1-6-12(11-16-15(2,3)4)18-14-9-7-8-13(10-14)17-5/h7-10,12,16H,6,11H2,1-5H3. The van der Waals surface area contributed by atoms with E-state index in [4.69, 9.17) is 9.47 Å². The third-order valence-electron chi connectivity index (χ3n) is 2.66. The quantitative estimate of drug-likeness (QED) is 0.842. The monoisotopic (exact) mass is 251 g/mol. The van der Waals surface area contributed by atoms with E-state index >= 15 is 0 Å². The minimum atomic E-state index is 0.116. The Kier molecular flexibility index (Phi) is 5.48. The lowest BCUT2D eigenvalue weighted by Crippen LogP contribution is -2.42. The molecule has 1 unspecified atom stereocenters. The molecular formula is C15H25NO2. The first-order chi connectivity index (χ1) is 8.44. The first kappa shape index (κ1) is 14.8. The largest absolute Gasteiger partial charge is 0.497 e. The average Bonchev–Trinajstić information content (AvgIpc) is 2.33. The fraction of sp³-hybridized carbons (Fsp3) is 0.600. The van der Waals surface area contributed by atoms with Crippen LogP contribution >= 0.6 is 0 Å². The molecule has 1 atom stereocenters. The highest BCUT2D eigenvalue weighted by atomic mass is 16.5. The summed E-state index contributed by atoms with van der Waals surface area (Å²) in [4.78, 5) is 0. The first-order valence-corrected chi connectivity index (χ1v) is 6.50. The molecule has 0 aliphatic carbocycles. The molecule has 0 aliphatic heterocycles. The van der Waals surface area contributed by atoms with E-state index < -0.39 is 0 Å². The SMILES string of the molecule is CCC(CNC(C)(C)C)Oc1cccc(OC)c1. The summed E-state index contributed by atoms with van der Waals surface area (Å²) in [7, 11) is 1.66. The number of nitrogens with one attached hydrogen (secondary N) is 1. The zero-order valence-corrected chi connectivity index (χ0v) is 12.1. The lowest BCUT2D eigenvalue weighted by Gasteiger charge is -2.25. The van der Waals surface area contributed by atoms with Gasteiger partial charge >= 0.3 is 0 Å². The molecule has 0 aliphatic rings. The van der Waals surface area contributed by atoms with Gasteiger partial charge in [-0.2, -0.15) is 0 Å². The molecule has 1 rings (SSSR count). The van der Waals surface area contributed by atoms with E-state index in [1.165, 1.54) is 0 Å². The van der Waals surface area contributed by atoms with E-state index in [2.05, 4.69) is 33.0 Å². The Morgan fingerprint density at radius 3 is 2.44 bits per heavy atom. The van der Waals surface area contributed by atoms with Crippen LogP contribution in [0.2, 0.25) is 0 Å². The minimum absolute atomic E-state index is 0.116. The molecule has 3 nitrogen and oxygen atoms in total. The van der Waals surface area contributed by atoms with Crippen molar-refractivity contribution in [1.82, 2.24) is 5.32 Å². The summed E-state index contributed by atoms with van der Waals surface area (Å²) in [5.41, 5.74) is 0.116. The third kappa shape index (κ3) is 5.41. The molecule has 1 aromatic carbocycles. The van der Waals surface area contributed by atoms with E-state index in [0.29, 0.717) is 0 Å². The molecule has 0 spiro atoms. The van der Waals surface area contributed by atoms with Gasteiger partial charge in [0.2, 0.25) is 0 Å². The van der Waals surface area contributed by atoms with E-state index in [0.717, 1.165) is 24.5 Å². The van der Waals surface area contributed by atoms with Gasteiger partial charge < -0.3 is 14.8 Å². The van der Waals surface area contributed by atoms with Crippen LogP contribution < -0.4 is 14.8 Å². The van der Waals surface area contributed by atoms with Crippen molar-refractivity contribution in [2.45, 2.75) is 45.8 Å². The predicted molar refractivity (Wildman–Crippen MR) is 75.5 cm³/mol. The van der Waals surface area contributed by atoms with Gasteiger partial charge in [0.25, 0.3) is 0 Å². The van der Waals surface area contributed by atoms with Crippen LogP contribution in [0, 0.1) is 0 Å². The highest BCUT2D eigenvalue weighted by molar-refractivity contribution is 5.32. The molecule has 0 bridgehead atoms. The number of rotatable bonds is 6. The molecule has 1 aromatic rings. The second kappa shape index (κ2) is 6.64. The summed E-state index contributed by atoms with van der Waals surface area (Å²) in [6.07, 6.45) is 1.15. The highest BCUT2D eigenvalue weighted by Crippen LogP contribution is 2.20. The third-order valence-corrected chi connectivity index (χ3v) is 2.66. The Balaban J connectivity index is 2.56. The van der Waals surface area contributed by atoms with Gasteiger partial charge in [-0.3, -0.25) is 0 Å². The minimum Gasteiger partial charge on any atom is -0.497 e. The number of hydrogen-bond acceptors (Lipinski definition) is 3. The maximum atomic E-state index is 5.96. The van der Waals surface area contributed by atoms with Crippen LogP contribution in [-0.4, -0.2) is 25.3 Å². The van der Waals surface area contributed by atoms with Crippen LogP contribution in [0.5, 0.6) is 11.5 Å². The topological polar surface area (TPSA) is 30.5 Å². The van der Waals surface area contributed by atoms with Crippen LogP contribution in [0.25, 0.3) is 0 Å². The van der Waals surface area contributed by atoms with Crippen molar-refractivity contribution in [3.8, 4) is 11.5 Å². The first-order valence-electron chi connectivity index (χ1n) is 6.50. The number of methoxy groups -OCH3 is 1. The van der Waals surface area contributed by atoms with Crippen LogP contribution in [0.3, 0.4) is 0 Å². The maximum absolute atomic E-state index is 5.96.